The molecule has 2 atom stereocenters. The van der Waals surface area contributed by atoms with Gasteiger partial charge in [-0.3, -0.25) is 0 Å². The lowest BCUT2D eigenvalue weighted by atomic mass is 10.3. The van der Waals surface area contributed by atoms with E-state index in [1.54, 1.807) is 14.0 Å². The number of amides is 2. The van der Waals surface area contributed by atoms with Gasteiger partial charge in [-0.2, -0.15) is 0 Å². The standard InChI is InChI=1S/C14H21BrN2O3/c1-10(18)9-17(3)14(19)16-8-11(2)20-13-7-5-4-6-12(13)15/h4-7,10-11,18H,8-9H2,1-3H3,(H,16,19). The molecule has 0 saturated carbocycles. The SMILES string of the molecule is CC(O)CN(C)C(=O)NCC(C)Oc1ccccc1Br. The van der Waals surface area contributed by atoms with Crippen molar-refractivity contribution < 1.29 is 14.6 Å². The first-order valence-electron chi connectivity index (χ1n) is 6.48. The first kappa shape index (κ1) is 16.8. The highest BCUT2D eigenvalue weighted by molar-refractivity contribution is 9.10. The highest BCUT2D eigenvalue weighted by Crippen LogP contribution is 2.24. The maximum absolute atomic E-state index is 11.7. The zero-order valence-electron chi connectivity index (χ0n) is 12.0. The molecule has 0 heterocycles. The van der Waals surface area contributed by atoms with Crippen LogP contribution in [0, 0.1) is 0 Å². The first-order valence-corrected chi connectivity index (χ1v) is 7.27. The molecule has 0 aliphatic rings. The number of carbonyl (C=O) groups excluding carboxylic acids is 1. The van der Waals surface area contributed by atoms with E-state index in [-0.39, 0.29) is 12.1 Å². The third kappa shape index (κ3) is 5.79. The molecule has 2 N–H and O–H groups in total. The summed E-state index contributed by atoms with van der Waals surface area (Å²) < 4.78 is 6.61. The van der Waals surface area contributed by atoms with Crippen molar-refractivity contribution in [2.45, 2.75) is 26.1 Å². The molecule has 2 amide bonds. The molecule has 0 spiro atoms. The van der Waals surface area contributed by atoms with Crippen molar-refractivity contribution in [2.75, 3.05) is 20.1 Å². The molecule has 1 rings (SSSR count). The van der Waals surface area contributed by atoms with Crippen LogP contribution in [0.5, 0.6) is 5.75 Å². The summed E-state index contributed by atoms with van der Waals surface area (Å²) in [7, 11) is 1.64. The second-order valence-electron chi connectivity index (χ2n) is 4.77. The second kappa shape index (κ2) is 8.11. The number of hydrogen-bond donors (Lipinski definition) is 2. The molecule has 0 aliphatic heterocycles. The fourth-order valence-electron chi connectivity index (χ4n) is 1.64. The van der Waals surface area contributed by atoms with Crippen LogP contribution in [-0.2, 0) is 0 Å². The monoisotopic (exact) mass is 344 g/mol. The quantitative estimate of drug-likeness (QED) is 0.831. The van der Waals surface area contributed by atoms with E-state index in [9.17, 15) is 9.90 Å². The van der Waals surface area contributed by atoms with Crippen LogP contribution in [0.15, 0.2) is 28.7 Å². The van der Waals surface area contributed by atoms with Crippen molar-refractivity contribution in [1.82, 2.24) is 10.2 Å². The summed E-state index contributed by atoms with van der Waals surface area (Å²) in [5.74, 6) is 0.742. The Morgan fingerprint density at radius 2 is 2.10 bits per heavy atom. The summed E-state index contributed by atoms with van der Waals surface area (Å²) in [6.45, 7) is 4.21. The molecule has 0 fully saturated rings. The number of carbonyl (C=O) groups is 1. The van der Waals surface area contributed by atoms with Gasteiger partial charge in [-0.1, -0.05) is 12.1 Å². The highest BCUT2D eigenvalue weighted by Gasteiger charge is 2.13. The maximum Gasteiger partial charge on any atom is 0.317 e. The predicted molar refractivity (Wildman–Crippen MR) is 81.9 cm³/mol. The van der Waals surface area contributed by atoms with E-state index >= 15 is 0 Å². The molecular formula is C14H21BrN2O3. The van der Waals surface area contributed by atoms with Gasteiger partial charge in [-0.25, -0.2) is 4.79 Å². The van der Waals surface area contributed by atoms with Crippen LogP contribution in [-0.4, -0.2) is 48.4 Å². The fourth-order valence-corrected chi connectivity index (χ4v) is 2.02. The third-order valence-electron chi connectivity index (χ3n) is 2.59. The summed E-state index contributed by atoms with van der Waals surface area (Å²) >= 11 is 3.41. The highest BCUT2D eigenvalue weighted by atomic mass is 79.9. The van der Waals surface area contributed by atoms with Crippen LogP contribution in [0.2, 0.25) is 0 Å². The van der Waals surface area contributed by atoms with Gasteiger partial charge >= 0.3 is 6.03 Å². The number of urea groups is 1. The number of nitrogens with zero attached hydrogens (tertiary/aromatic N) is 1. The van der Waals surface area contributed by atoms with Crippen LogP contribution < -0.4 is 10.1 Å². The van der Waals surface area contributed by atoms with Gasteiger partial charge in [0.25, 0.3) is 0 Å². The van der Waals surface area contributed by atoms with E-state index in [1.165, 1.54) is 4.90 Å². The fraction of sp³-hybridized carbons (Fsp3) is 0.500. The Bertz CT molecular complexity index is 440. The Morgan fingerprint density at radius 3 is 2.70 bits per heavy atom. The van der Waals surface area contributed by atoms with E-state index in [0.29, 0.717) is 13.1 Å². The van der Waals surface area contributed by atoms with Crippen LogP contribution in [0.4, 0.5) is 4.79 Å². The molecule has 6 heteroatoms. The summed E-state index contributed by atoms with van der Waals surface area (Å²) in [5, 5.41) is 12.0. The molecular weight excluding hydrogens is 324 g/mol. The molecule has 0 aromatic heterocycles. The molecule has 0 radical (unpaired) electrons. The molecule has 1 aromatic rings. The summed E-state index contributed by atoms with van der Waals surface area (Å²) in [4.78, 5) is 13.2. The van der Waals surface area contributed by atoms with Gasteiger partial charge in [0.1, 0.15) is 11.9 Å². The lowest BCUT2D eigenvalue weighted by Gasteiger charge is -2.21. The third-order valence-corrected chi connectivity index (χ3v) is 3.25. The number of halogens is 1. The van der Waals surface area contributed by atoms with E-state index in [4.69, 9.17) is 4.74 Å². The Morgan fingerprint density at radius 1 is 1.45 bits per heavy atom. The Kier molecular flexibility index (Phi) is 6.81. The topological polar surface area (TPSA) is 61.8 Å². The summed E-state index contributed by atoms with van der Waals surface area (Å²) in [6.07, 6.45) is -0.697. The summed E-state index contributed by atoms with van der Waals surface area (Å²) in [5.41, 5.74) is 0. The van der Waals surface area contributed by atoms with Gasteiger partial charge < -0.3 is 20.1 Å². The van der Waals surface area contributed by atoms with E-state index in [1.807, 2.05) is 31.2 Å². The van der Waals surface area contributed by atoms with Crippen LogP contribution in [0.25, 0.3) is 0 Å². The number of para-hydroxylation sites is 1. The number of ether oxygens (including phenoxy) is 1. The van der Waals surface area contributed by atoms with E-state index in [0.717, 1.165) is 10.2 Å². The van der Waals surface area contributed by atoms with Crippen LogP contribution >= 0.6 is 15.9 Å². The van der Waals surface area contributed by atoms with Gasteiger partial charge in [0.2, 0.25) is 0 Å². The minimum atomic E-state index is -0.542. The van der Waals surface area contributed by atoms with Crippen molar-refractivity contribution >= 4 is 22.0 Å². The molecule has 20 heavy (non-hydrogen) atoms. The molecule has 0 bridgehead atoms. The largest absolute Gasteiger partial charge is 0.488 e. The number of likely N-dealkylation sites (N-methyl/N-ethyl adjacent to an activating group) is 1. The Hall–Kier alpha value is -1.27. The van der Waals surface area contributed by atoms with Crippen LogP contribution in [0.1, 0.15) is 13.8 Å². The van der Waals surface area contributed by atoms with Gasteiger partial charge in [0, 0.05) is 13.6 Å². The number of benzene rings is 1. The first-order chi connectivity index (χ1) is 9.40. The molecule has 0 saturated heterocycles. The molecule has 2 unspecified atom stereocenters. The summed E-state index contributed by atoms with van der Waals surface area (Å²) in [6, 6.07) is 7.34. The van der Waals surface area contributed by atoms with Gasteiger partial charge in [-0.05, 0) is 41.9 Å². The number of hydrogen-bond acceptors (Lipinski definition) is 3. The van der Waals surface area contributed by atoms with Crippen molar-refractivity contribution in [3.63, 3.8) is 0 Å². The van der Waals surface area contributed by atoms with Crippen molar-refractivity contribution in [3.05, 3.63) is 28.7 Å². The zero-order valence-corrected chi connectivity index (χ0v) is 13.6. The smallest absolute Gasteiger partial charge is 0.317 e. The Labute approximate surface area is 128 Å². The number of nitrogens with one attached hydrogen (secondary N) is 1. The lowest BCUT2D eigenvalue weighted by Crippen LogP contribution is -2.43. The molecule has 112 valence electrons. The normalized spacial score (nSPS) is 13.4. The van der Waals surface area contributed by atoms with Gasteiger partial charge in [0.05, 0.1) is 17.1 Å². The number of aliphatic hydroxyl groups is 1. The van der Waals surface area contributed by atoms with Gasteiger partial charge in [-0.15, -0.1) is 0 Å². The number of rotatable bonds is 6. The van der Waals surface area contributed by atoms with E-state index in [2.05, 4.69) is 21.2 Å². The molecule has 1 aromatic carbocycles. The Balaban J connectivity index is 2.38. The minimum Gasteiger partial charge on any atom is -0.488 e. The molecule has 5 nitrogen and oxygen atoms in total. The molecule has 0 aliphatic carbocycles. The zero-order chi connectivity index (χ0) is 15.1. The lowest BCUT2D eigenvalue weighted by molar-refractivity contribution is 0.141. The van der Waals surface area contributed by atoms with Crippen molar-refractivity contribution in [3.8, 4) is 5.75 Å². The van der Waals surface area contributed by atoms with Gasteiger partial charge in [0.15, 0.2) is 0 Å². The van der Waals surface area contributed by atoms with Crippen molar-refractivity contribution in [2.24, 2.45) is 0 Å². The van der Waals surface area contributed by atoms with E-state index < -0.39 is 6.10 Å². The van der Waals surface area contributed by atoms with Crippen molar-refractivity contribution in [1.29, 1.82) is 0 Å². The average molecular weight is 345 g/mol. The maximum atomic E-state index is 11.7. The van der Waals surface area contributed by atoms with Crippen LogP contribution in [0.3, 0.4) is 0 Å². The average Bonchev–Trinajstić information content (AvgIpc) is 2.38. The predicted octanol–water partition coefficient (Wildman–Crippen LogP) is 2.24. The number of aliphatic hydroxyl groups excluding tert-OH is 1. The second-order valence-corrected chi connectivity index (χ2v) is 5.63. The minimum absolute atomic E-state index is 0.155.